The zero-order valence-corrected chi connectivity index (χ0v) is 17.7. The first-order valence-corrected chi connectivity index (χ1v) is 10.4. The van der Waals surface area contributed by atoms with Gasteiger partial charge in [-0.25, -0.2) is 0 Å². The van der Waals surface area contributed by atoms with E-state index in [1.165, 1.54) is 6.42 Å². The van der Waals surface area contributed by atoms with Crippen molar-refractivity contribution in [1.29, 1.82) is 0 Å². The van der Waals surface area contributed by atoms with Gasteiger partial charge in [-0.2, -0.15) is 0 Å². The Balaban J connectivity index is 0.00000127. The molecule has 0 aromatic rings. The van der Waals surface area contributed by atoms with Crippen LogP contribution in [-0.4, -0.2) is 69.2 Å². The van der Waals surface area contributed by atoms with Crippen molar-refractivity contribution in [2.75, 3.05) is 13.1 Å². The average Bonchev–Trinajstić information content (AvgIpc) is 2.55. The number of aliphatic hydroxyl groups is 2. The monoisotopic (exact) mass is 392 g/mol. The van der Waals surface area contributed by atoms with Gasteiger partial charge in [-0.15, -0.1) is 0 Å². The van der Waals surface area contributed by atoms with Crippen LogP contribution in [0.5, 0.6) is 0 Å². The van der Waals surface area contributed by atoms with Crippen LogP contribution in [0.25, 0.3) is 0 Å². The summed E-state index contributed by atoms with van der Waals surface area (Å²) in [5.74, 6) is 0.804. The first-order valence-electron chi connectivity index (χ1n) is 10.4. The molecule has 0 aromatic heterocycles. The van der Waals surface area contributed by atoms with Crippen LogP contribution in [0.3, 0.4) is 0 Å². The number of rotatable bonds is 4. The number of likely N-dealkylation sites (tertiary alicyclic amines) is 1. The highest BCUT2D eigenvalue weighted by Gasteiger charge is 2.57. The highest BCUT2D eigenvalue weighted by atomic mass is 16.5. The van der Waals surface area contributed by atoms with Crippen LogP contribution >= 0.6 is 0 Å². The Morgan fingerprint density at radius 2 is 1.81 bits per heavy atom. The van der Waals surface area contributed by atoms with Crippen molar-refractivity contribution in [3.63, 3.8) is 0 Å². The molecule has 2 aliphatic heterocycles. The van der Waals surface area contributed by atoms with Crippen LogP contribution in [0.1, 0.15) is 72.6 Å². The van der Waals surface area contributed by atoms with Crippen LogP contribution in [0.4, 0.5) is 0 Å². The van der Waals surface area contributed by atoms with E-state index in [4.69, 9.17) is 10.5 Å². The van der Waals surface area contributed by atoms with Crippen molar-refractivity contribution in [2.24, 2.45) is 17.6 Å². The molecule has 7 heteroatoms. The van der Waals surface area contributed by atoms with E-state index in [1.807, 2.05) is 6.92 Å². The number of β-amino-alcohol motifs (C(OH)–C–C–N with tert-alkyl or cyclic N) is 1. The fourth-order valence-electron chi connectivity index (χ4n) is 4.74. The number of hydrogen-bond acceptors (Lipinski definition) is 5. The number of piperidine rings is 1. The lowest BCUT2D eigenvalue weighted by Gasteiger charge is -2.58. The molecule has 3 fully saturated rings. The van der Waals surface area contributed by atoms with Gasteiger partial charge >= 0.3 is 0 Å². The fourth-order valence-corrected chi connectivity index (χ4v) is 4.74. The Hall–Kier alpha value is -0.280. The van der Waals surface area contributed by atoms with Gasteiger partial charge in [0, 0.05) is 12.6 Å². The molecule has 164 valence electrons. The van der Waals surface area contributed by atoms with Crippen LogP contribution in [0.2, 0.25) is 0 Å². The molecule has 1 aliphatic carbocycles. The number of nitrogens with zero attached hydrogens (tertiary/aromatic N) is 1. The van der Waals surface area contributed by atoms with E-state index in [2.05, 4.69) is 25.7 Å². The van der Waals surface area contributed by atoms with Gasteiger partial charge in [0.1, 0.15) is 11.8 Å². The second kappa shape index (κ2) is 11.7. The molecule has 0 bridgehead atoms. The molecule has 2 unspecified atom stereocenters. The van der Waals surface area contributed by atoms with Gasteiger partial charge in [0.2, 0.25) is 0 Å². The molecule has 0 radical (unpaired) electrons. The lowest BCUT2D eigenvalue weighted by molar-refractivity contribution is -0.271. The van der Waals surface area contributed by atoms with Gasteiger partial charge in [-0.05, 0) is 57.4 Å². The predicted octanol–water partition coefficient (Wildman–Crippen LogP) is 0.839. The van der Waals surface area contributed by atoms with Gasteiger partial charge < -0.3 is 31.6 Å². The highest BCUT2D eigenvalue weighted by molar-refractivity contribution is 5.07. The summed E-state index contributed by atoms with van der Waals surface area (Å²) in [6.45, 7) is 9.78. The molecular weight excluding hydrogens is 348 g/mol. The minimum absolute atomic E-state index is 0. The van der Waals surface area contributed by atoms with E-state index in [0.717, 1.165) is 45.1 Å². The van der Waals surface area contributed by atoms with Crippen LogP contribution in [-0.2, 0) is 4.74 Å². The summed E-state index contributed by atoms with van der Waals surface area (Å²) >= 11 is 0. The van der Waals surface area contributed by atoms with E-state index in [9.17, 15) is 10.2 Å². The van der Waals surface area contributed by atoms with Crippen molar-refractivity contribution in [3.05, 3.63) is 0 Å². The van der Waals surface area contributed by atoms with Gasteiger partial charge in [0.05, 0.1) is 12.2 Å². The van der Waals surface area contributed by atoms with Crippen molar-refractivity contribution in [2.45, 2.75) is 103 Å². The molecule has 3 aliphatic rings. The van der Waals surface area contributed by atoms with E-state index < -0.39 is 11.7 Å². The average molecular weight is 393 g/mol. The molecule has 8 N–H and O–H groups in total. The SMILES string of the molecule is CC(O)[C@@H]1CCCCN1CC(O)[C@@]12CC[C@@H]1C[C@H](C)[C@H](N)O2.CCC.O.O. The predicted molar refractivity (Wildman–Crippen MR) is 108 cm³/mol. The van der Waals surface area contributed by atoms with Crippen LogP contribution < -0.4 is 5.73 Å². The van der Waals surface area contributed by atoms with Gasteiger partial charge in [0.15, 0.2) is 0 Å². The van der Waals surface area contributed by atoms with E-state index in [0.29, 0.717) is 18.4 Å². The largest absolute Gasteiger partial charge is 0.412 e. The topological polar surface area (TPSA) is 142 Å². The number of fused-ring (bicyclic) bond motifs is 1. The Morgan fingerprint density at radius 1 is 1.19 bits per heavy atom. The zero-order valence-electron chi connectivity index (χ0n) is 17.7. The third-order valence-electron chi connectivity index (χ3n) is 6.34. The summed E-state index contributed by atoms with van der Waals surface area (Å²) in [5.41, 5.74) is 5.67. The highest BCUT2D eigenvalue weighted by Crippen LogP contribution is 2.52. The molecule has 0 spiro atoms. The van der Waals surface area contributed by atoms with Gasteiger partial charge in [0.25, 0.3) is 0 Å². The smallest absolute Gasteiger partial charge is 0.109 e. The van der Waals surface area contributed by atoms with Crippen molar-refractivity contribution < 1.29 is 25.9 Å². The number of nitrogens with two attached hydrogens (primary N) is 1. The molecule has 3 rings (SSSR count). The second-order valence-corrected chi connectivity index (χ2v) is 8.51. The molecule has 2 heterocycles. The van der Waals surface area contributed by atoms with Gasteiger partial charge in [-0.1, -0.05) is 33.6 Å². The van der Waals surface area contributed by atoms with Crippen molar-refractivity contribution >= 4 is 0 Å². The maximum absolute atomic E-state index is 10.9. The van der Waals surface area contributed by atoms with Gasteiger partial charge in [-0.3, -0.25) is 4.90 Å². The Labute approximate surface area is 164 Å². The summed E-state index contributed by atoms with van der Waals surface area (Å²) in [6, 6.07) is 0.162. The minimum atomic E-state index is -0.510. The van der Waals surface area contributed by atoms with E-state index >= 15 is 0 Å². The third kappa shape index (κ3) is 5.85. The number of ether oxygens (including phenoxy) is 1. The zero-order chi connectivity index (χ0) is 18.6. The Morgan fingerprint density at radius 3 is 2.33 bits per heavy atom. The molecule has 27 heavy (non-hydrogen) atoms. The lowest BCUT2D eigenvalue weighted by Crippen LogP contribution is -2.67. The minimum Gasteiger partial charge on any atom is -0.412 e. The fraction of sp³-hybridized carbons (Fsp3) is 1.00. The molecular formula is C20H44N2O5. The van der Waals surface area contributed by atoms with E-state index in [-0.39, 0.29) is 29.3 Å². The number of aliphatic hydroxyl groups excluding tert-OH is 2. The normalized spacial score (nSPS) is 37.9. The van der Waals surface area contributed by atoms with E-state index in [1.54, 1.807) is 0 Å². The second-order valence-electron chi connectivity index (χ2n) is 8.51. The standard InChI is InChI=1S/C17H32N2O3.C3H8.2H2O/c1-11-9-13-6-7-17(13,22-16(11)18)15(21)10-19-8-4-3-5-14(19)12(2)20;1-3-2;;/h11-16,20-21H,3-10,18H2,1-2H3;3H2,1-2H3;2*1H2/t11-,12?,13+,14-,15?,16+,17+;;;/m0.../s1. The maximum Gasteiger partial charge on any atom is 0.109 e. The first-order chi connectivity index (χ1) is 11.9. The summed E-state index contributed by atoms with van der Waals surface area (Å²) in [7, 11) is 0. The quantitative estimate of drug-likeness (QED) is 0.650. The third-order valence-corrected chi connectivity index (χ3v) is 6.34. The maximum atomic E-state index is 10.9. The Bertz CT molecular complexity index is 412. The molecule has 7 nitrogen and oxygen atoms in total. The molecule has 1 saturated carbocycles. The first kappa shape index (κ1) is 26.7. The number of hydrogen-bond donors (Lipinski definition) is 3. The van der Waals surface area contributed by atoms with Crippen molar-refractivity contribution in [3.8, 4) is 0 Å². The molecule has 0 aromatic carbocycles. The summed E-state index contributed by atoms with van der Waals surface area (Å²) in [6.07, 6.45) is 6.54. The Kier molecular flexibility index (Phi) is 11.5. The summed E-state index contributed by atoms with van der Waals surface area (Å²) in [4.78, 5) is 2.26. The summed E-state index contributed by atoms with van der Waals surface area (Å²) < 4.78 is 6.12. The summed E-state index contributed by atoms with van der Waals surface area (Å²) in [5, 5.41) is 20.9. The van der Waals surface area contributed by atoms with Crippen molar-refractivity contribution in [1.82, 2.24) is 4.90 Å². The molecule has 2 saturated heterocycles. The lowest BCUT2D eigenvalue weighted by atomic mass is 9.61. The molecule has 0 amide bonds. The molecule has 7 atom stereocenters. The van der Waals surface area contributed by atoms with Crippen LogP contribution in [0, 0.1) is 11.8 Å². The van der Waals surface area contributed by atoms with Crippen LogP contribution in [0.15, 0.2) is 0 Å².